The van der Waals surface area contributed by atoms with Crippen molar-refractivity contribution in [2.45, 2.75) is 31.6 Å². The van der Waals surface area contributed by atoms with Gasteiger partial charge in [-0.3, -0.25) is 0 Å². The quantitative estimate of drug-likeness (QED) is 0.615. The third kappa shape index (κ3) is 1.99. The molecule has 1 fully saturated rings. The summed E-state index contributed by atoms with van der Waals surface area (Å²) in [6, 6.07) is -0.294. The molecule has 0 bridgehead atoms. The highest BCUT2D eigenvalue weighted by atomic mass is 35.5. The van der Waals surface area contributed by atoms with Crippen LogP contribution in [-0.2, 0) is 0 Å². The van der Waals surface area contributed by atoms with Crippen molar-refractivity contribution in [2.75, 3.05) is 0 Å². The number of aliphatic hydroxyl groups is 2. The summed E-state index contributed by atoms with van der Waals surface area (Å²) in [5.41, 5.74) is 0.905. The van der Waals surface area contributed by atoms with Gasteiger partial charge in [-0.05, 0) is 23.9 Å². The van der Waals surface area contributed by atoms with Crippen molar-refractivity contribution in [1.29, 1.82) is 0 Å². The number of aromatic nitrogens is 4. The Hall–Kier alpha value is -0.950. The lowest BCUT2D eigenvalue weighted by Crippen LogP contribution is -2.28. The minimum Gasteiger partial charge on any atom is -0.390 e. The van der Waals surface area contributed by atoms with E-state index in [-0.39, 0.29) is 22.4 Å². The van der Waals surface area contributed by atoms with Crippen LogP contribution in [0, 0.1) is 5.92 Å². The van der Waals surface area contributed by atoms with Crippen LogP contribution in [0.4, 0.5) is 0 Å². The lowest BCUT2D eigenvalue weighted by atomic mass is 10.1. The lowest BCUT2D eigenvalue weighted by molar-refractivity contribution is 0.00964. The van der Waals surface area contributed by atoms with Crippen LogP contribution in [0.1, 0.15) is 19.4 Å². The molecular weight excluding hydrogens is 291 g/mol. The van der Waals surface area contributed by atoms with Gasteiger partial charge in [-0.25, -0.2) is 9.97 Å². The minimum atomic E-state index is -0.861. The first-order chi connectivity index (χ1) is 8.99. The number of hydrogen-bond acceptors (Lipinski definition) is 5. The van der Waals surface area contributed by atoms with Crippen molar-refractivity contribution in [3.05, 3.63) is 16.8 Å². The SMILES string of the molecule is C[C@H]1C[C@@H](n2cnc3c(Cl)nc(Cl)nc32)[C@@H](O)[C@H]1O. The fourth-order valence-corrected chi connectivity index (χ4v) is 3.02. The van der Waals surface area contributed by atoms with Crippen LogP contribution >= 0.6 is 23.2 Å². The summed E-state index contributed by atoms with van der Waals surface area (Å²) in [5.74, 6) is 0.00484. The first-order valence-corrected chi connectivity index (χ1v) is 6.66. The highest BCUT2D eigenvalue weighted by Gasteiger charge is 2.40. The summed E-state index contributed by atoms with van der Waals surface area (Å²) in [6.45, 7) is 1.89. The Bertz CT molecular complexity index is 632. The van der Waals surface area contributed by atoms with Crippen LogP contribution in [0.3, 0.4) is 0 Å². The van der Waals surface area contributed by atoms with E-state index in [1.54, 1.807) is 10.9 Å². The molecule has 1 aliphatic rings. The molecule has 102 valence electrons. The van der Waals surface area contributed by atoms with E-state index in [2.05, 4.69) is 15.0 Å². The number of aliphatic hydroxyl groups excluding tert-OH is 2. The topological polar surface area (TPSA) is 84.1 Å². The average molecular weight is 303 g/mol. The van der Waals surface area contributed by atoms with Gasteiger partial charge in [0.2, 0.25) is 5.28 Å². The van der Waals surface area contributed by atoms with Crippen LogP contribution in [-0.4, -0.2) is 41.9 Å². The van der Waals surface area contributed by atoms with Crippen LogP contribution in [0.25, 0.3) is 11.2 Å². The Kier molecular flexibility index (Phi) is 3.13. The standard InChI is InChI=1S/C11H12Cl2N4O2/c1-4-2-5(8(19)7(4)18)17-3-14-6-9(12)15-11(13)16-10(6)17/h3-5,7-8,18-19H,2H2,1H3/t4-,5+,7-,8+/m0/s1. The van der Waals surface area contributed by atoms with Gasteiger partial charge in [-0.2, -0.15) is 4.98 Å². The van der Waals surface area contributed by atoms with Gasteiger partial charge < -0.3 is 14.8 Å². The molecule has 0 unspecified atom stereocenters. The summed E-state index contributed by atoms with van der Waals surface area (Å²) in [4.78, 5) is 12.1. The van der Waals surface area contributed by atoms with Crippen molar-refractivity contribution < 1.29 is 10.2 Å². The van der Waals surface area contributed by atoms with Crippen LogP contribution in [0.2, 0.25) is 10.4 Å². The molecule has 2 aromatic rings. The summed E-state index contributed by atoms with van der Waals surface area (Å²) in [5, 5.41) is 20.1. The first kappa shape index (κ1) is 13.1. The van der Waals surface area contributed by atoms with E-state index in [1.165, 1.54) is 0 Å². The van der Waals surface area contributed by atoms with E-state index in [0.717, 1.165) is 0 Å². The van der Waals surface area contributed by atoms with E-state index in [1.807, 2.05) is 6.92 Å². The van der Waals surface area contributed by atoms with Crippen LogP contribution in [0.15, 0.2) is 6.33 Å². The average Bonchev–Trinajstić information content (AvgIpc) is 2.86. The molecule has 2 N–H and O–H groups in total. The molecule has 0 spiro atoms. The molecule has 6 nitrogen and oxygen atoms in total. The zero-order valence-corrected chi connectivity index (χ0v) is 11.5. The van der Waals surface area contributed by atoms with Crippen molar-refractivity contribution in [1.82, 2.24) is 19.5 Å². The molecule has 0 amide bonds. The fraction of sp³-hybridized carbons (Fsp3) is 0.545. The van der Waals surface area contributed by atoms with Gasteiger partial charge in [0.25, 0.3) is 0 Å². The Balaban J connectivity index is 2.11. The molecule has 0 saturated heterocycles. The highest BCUT2D eigenvalue weighted by molar-refractivity contribution is 6.35. The Morgan fingerprint density at radius 1 is 1.26 bits per heavy atom. The lowest BCUT2D eigenvalue weighted by Gasteiger charge is -2.18. The second-order valence-electron chi connectivity index (χ2n) is 4.87. The Morgan fingerprint density at radius 2 is 2.00 bits per heavy atom. The first-order valence-electron chi connectivity index (χ1n) is 5.90. The molecule has 4 atom stereocenters. The highest BCUT2D eigenvalue weighted by Crippen LogP contribution is 2.37. The Labute approximate surface area is 119 Å². The maximum absolute atomic E-state index is 10.1. The van der Waals surface area contributed by atoms with Gasteiger partial charge in [-0.15, -0.1) is 0 Å². The zero-order chi connectivity index (χ0) is 13.7. The maximum atomic E-state index is 10.1. The summed E-state index contributed by atoms with van der Waals surface area (Å²) >= 11 is 11.7. The van der Waals surface area contributed by atoms with Crippen molar-refractivity contribution in [2.24, 2.45) is 5.92 Å². The van der Waals surface area contributed by atoms with E-state index < -0.39 is 12.2 Å². The molecule has 1 aliphatic carbocycles. The summed E-state index contributed by atoms with van der Waals surface area (Å²) < 4.78 is 1.70. The van der Waals surface area contributed by atoms with E-state index in [9.17, 15) is 10.2 Å². The summed E-state index contributed by atoms with van der Waals surface area (Å²) in [6.07, 6.45) is 0.558. The van der Waals surface area contributed by atoms with Crippen LogP contribution in [0.5, 0.6) is 0 Å². The smallest absolute Gasteiger partial charge is 0.225 e. The zero-order valence-electron chi connectivity index (χ0n) is 10.0. The van der Waals surface area contributed by atoms with E-state index in [4.69, 9.17) is 23.2 Å². The second kappa shape index (κ2) is 4.56. The second-order valence-corrected chi connectivity index (χ2v) is 5.57. The fourth-order valence-electron chi connectivity index (χ4n) is 2.60. The number of fused-ring (bicyclic) bond motifs is 1. The number of nitrogens with zero attached hydrogens (tertiary/aromatic N) is 4. The van der Waals surface area contributed by atoms with Gasteiger partial charge >= 0.3 is 0 Å². The molecule has 19 heavy (non-hydrogen) atoms. The van der Waals surface area contributed by atoms with Crippen LogP contribution < -0.4 is 0 Å². The van der Waals surface area contributed by atoms with Gasteiger partial charge in [0.05, 0.1) is 18.5 Å². The summed E-state index contributed by atoms with van der Waals surface area (Å²) in [7, 11) is 0. The molecule has 0 radical (unpaired) electrons. The normalized spacial score (nSPS) is 31.2. The molecule has 8 heteroatoms. The van der Waals surface area contributed by atoms with Gasteiger partial charge in [0.1, 0.15) is 11.6 Å². The number of rotatable bonds is 1. The number of imidazole rings is 1. The van der Waals surface area contributed by atoms with Crippen molar-refractivity contribution in [3.63, 3.8) is 0 Å². The number of hydrogen-bond donors (Lipinski definition) is 2. The molecule has 1 saturated carbocycles. The van der Waals surface area contributed by atoms with Gasteiger partial charge in [0.15, 0.2) is 10.8 Å². The molecule has 2 aromatic heterocycles. The molecular formula is C11H12Cl2N4O2. The van der Waals surface area contributed by atoms with Crippen molar-refractivity contribution >= 4 is 34.4 Å². The third-order valence-corrected chi connectivity index (χ3v) is 4.08. The van der Waals surface area contributed by atoms with Crippen molar-refractivity contribution in [3.8, 4) is 0 Å². The minimum absolute atomic E-state index is 0.00484. The third-order valence-electron chi connectivity index (χ3n) is 3.65. The number of halogens is 2. The van der Waals surface area contributed by atoms with Gasteiger partial charge in [0, 0.05) is 0 Å². The maximum Gasteiger partial charge on any atom is 0.225 e. The molecule has 0 aromatic carbocycles. The van der Waals surface area contributed by atoms with E-state index in [0.29, 0.717) is 17.6 Å². The predicted molar refractivity (Wildman–Crippen MR) is 70.2 cm³/mol. The van der Waals surface area contributed by atoms with Gasteiger partial charge in [-0.1, -0.05) is 18.5 Å². The Morgan fingerprint density at radius 3 is 2.63 bits per heavy atom. The molecule has 0 aliphatic heterocycles. The monoisotopic (exact) mass is 302 g/mol. The molecule has 3 rings (SSSR count). The predicted octanol–water partition coefficient (Wildman–Crippen LogP) is 1.44. The molecule has 2 heterocycles. The largest absolute Gasteiger partial charge is 0.390 e. The van der Waals surface area contributed by atoms with E-state index >= 15 is 0 Å².